The highest BCUT2D eigenvalue weighted by atomic mass is 19.1. The smallest absolute Gasteiger partial charge is 0.0897 e. The Morgan fingerprint density at radius 2 is 2.00 bits per heavy atom. The first-order valence-corrected chi connectivity index (χ1v) is 4.20. The van der Waals surface area contributed by atoms with Crippen LogP contribution < -0.4 is 5.73 Å². The van der Waals surface area contributed by atoms with Gasteiger partial charge in [0, 0.05) is 6.54 Å². The predicted octanol–water partition coefficient (Wildman–Crippen LogP) is 2.05. The van der Waals surface area contributed by atoms with Crippen molar-refractivity contribution in [2.45, 2.75) is 19.4 Å². The predicted molar refractivity (Wildman–Crippen MR) is 48.6 cm³/mol. The minimum atomic E-state index is -0.243. The Bertz CT molecular complexity index is 235. The van der Waals surface area contributed by atoms with Gasteiger partial charge in [-0.1, -0.05) is 24.3 Å². The van der Waals surface area contributed by atoms with Gasteiger partial charge in [-0.15, -0.1) is 0 Å². The lowest BCUT2D eigenvalue weighted by molar-refractivity contribution is 0.473. The molecule has 1 aromatic carbocycles. The average molecular weight is 167 g/mol. The summed E-state index contributed by atoms with van der Waals surface area (Å²) in [5, 5.41) is 0. The summed E-state index contributed by atoms with van der Waals surface area (Å²) in [6.45, 7) is 0.316. The molecule has 12 heavy (non-hydrogen) atoms. The summed E-state index contributed by atoms with van der Waals surface area (Å²) < 4.78 is 11.8. The molecule has 0 aliphatic rings. The largest absolute Gasteiger partial charge is 0.326 e. The molecule has 0 amide bonds. The van der Waals surface area contributed by atoms with Crippen molar-refractivity contribution in [3.8, 4) is 0 Å². The number of nitrogens with two attached hydrogens (primary N) is 1. The van der Waals surface area contributed by atoms with Crippen molar-refractivity contribution < 1.29 is 4.39 Å². The van der Waals surface area contributed by atoms with Crippen LogP contribution in [0.25, 0.3) is 0 Å². The third-order valence-corrected chi connectivity index (χ3v) is 1.83. The molecule has 2 heteroatoms. The average Bonchev–Trinajstić information content (AvgIpc) is 2.15. The van der Waals surface area contributed by atoms with E-state index in [-0.39, 0.29) is 6.67 Å². The molecular weight excluding hydrogens is 153 g/mol. The summed E-state index contributed by atoms with van der Waals surface area (Å²) in [5.74, 6) is 0. The Labute approximate surface area is 72.4 Å². The van der Waals surface area contributed by atoms with Crippen molar-refractivity contribution >= 4 is 0 Å². The zero-order valence-electron chi connectivity index (χ0n) is 7.09. The Kier molecular flexibility index (Phi) is 3.74. The minimum Gasteiger partial charge on any atom is -0.326 e. The quantitative estimate of drug-likeness (QED) is 0.729. The molecular formula is C10H14FN. The van der Waals surface area contributed by atoms with E-state index < -0.39 is 0 Å². The maximum Gasteiger partial charge on any atom is 0.0897 e. The Morgan fingerprint density at radius 3 is 2.67 bits per heavy atom. The lowest BCUT2D eigenvalue weighted by Crippen LogP contribution is -1.97. The summed E-state index contributed by atoms with van der Waals surface area (Å²) in [5.41, 5.74) is 7.77. The van der Waals surface area contributed by atoms with Crippen LogP contribution in [0.3, 0.4) is 0 Å². The number of aryl methyl sites for hydroxylation is 1. The lowest BCUT2D eigenvalue weighted by Gasteiger charge is -2.01. The summed E-state index contributed by atoms with van der Waals surface area (Å²) in [4.78, 5) is 0. The molecule has 1 rings (SSSR count). The Hall–Kier alpha value is -0.890. The molecule has 66 valence electrons. The molecule has 0 aliphatic carbocycles. The van der Waals surface area contributed by atoms with Gasteiger partial charge in [-0.25, -0.2) is 0 Å². The van der Waals surface area contributed by atoms with Gasteiger partial charge in [0.2, 0.25) is 0 Å². The minimum absolute atomic E-state index is 0.243. The van der Waals surface area contributed by atoms with Crippen LogP contribution in [0.4, 0.5) is 4.39 Å². The summed E-state index contributed by atoms with van der Waals surface area (Å²) >= 11 is 0. The monoisotopic (exact) mass is 167 g/mol. The molecule has 0 bridgehead atoms. The first-order chi connectivity index (χ1) is 5.86. The molecule has 0 aliphatic heterocycles. The number of benzene rings is 1. The zero-order chi connectivity index (χ0) is 8.81. The van der Waals surface area contributed by atoms with Gasteiger partial charge in [0.1, 0.15) is 0 Å². The van der Waals surface area contributed by atoms with Gasteiger partial charge < -0.3 is 5.73 Å². The highest BCUT2D eigenvalue weighted by Crippen LogP contribution is 2.06. The first-order valence-electron chi connectivity index (χ1n) is 4.20. The second kappa shape index (κ2) is 4.88. The van der Waals surface area contributed by atoms with Crippen LogP contribution in [-0.2, 0) is 13.0 Å². The van der Waals surface area contributed by atoms with Gasteiger partial charge in [-0.05, 0) is 24.0 Å². The second-order valence-corrected chi connectivity index (χ2v) is 2.82. The van der Waals surface area contributed by atoms with Crippen molar-refractivity contribution in [3.05, 3.63) is 35.4 Å². The van der Waals surface area contributed by atoms with Gasteiger partial charge in [0.25, 0.3) is 0 Å². The molecule has 0 spiro atoms. The van der Waals surface area contributed by atoms with E-state index >= 15 is 0 Å². The number of rotatable bonds is 4. The van der Waals surface area contributed by atoms with Crippen molar-refractivity contribution in [3.63, 3.8) is 0 Å². The highest BCUT2D eigenvalue weighted by Gasteiger charge is 1.94. The summed E-state index contributed by atoms with van der Waals surface area (Å²) in [6, 6.07) is 8.00. The Morgan fingerprint density at radius 1 is 1.25 bits per heavy atom. The number of alkyl halides is 1. The maximum absolute atomic E-state index is 11.8. The van der Waals surface area contributed by atoms with Gasteiger partial charge in [-0.3, -0.25) is 4.39 Å². The normalized spacial score (nSPS) is 10.2. The molecule has 0 saturated carbocycles. The fourth-order valence-electron chi connectivity index (χ4n) is 1.18. The second-order valence-electron chi connectivity index (χ2n) is 2.82. The van der Waals surface area contributed by atoms with E-state index in [1.54, 1.807) is 0 Å². The third kappa shape index (κ3) is 2.62. The van der Waals surface area contributed by atoms with E-state index in [2.05, 4.69) is 0 Å². The molecule has 0 heterocycles. The van der Waals surface area contributed by atoms with E-state index in [0.717, 1.165) is 12.0 Å². The van der Waals surface area contributed by atoms with Crippen LogP contribution >= 0.6 is 0 Å². The van der Waals surface area contributed by atoms with E-state index in [1.807, 2.05) is 24.3 Å². The van der Waals surface area contributed by atoms with Crippen LogP contribution in [0, 0.1) is 0 Å². The fourth-order valence-corrected chi connectivity index (χ4v) is 1.18. The zero-order valence-corrected chi connectivity index (χ0v) is 7.09. The first kappa shape index (κ1) is 9.20. The van der Waals surface area contributed by atoms with Gasteiger partial charge in [0.15, 0.2) is 0 Å². The van der Waals surface area contributed by atoms with Crippen molar-refractivity contribution in [1.29, 1.82) is 0 Å². The van der Waals surface area contributed by atoms with Crippen LogP contribution in [-0.4, -0.2) is 6.67 Å². The standard InChI is InChI=1S/C10H14FN/c11-6-2-5-9-3-1-4-10(7-9)8-12/h1,3-4,7H,2,5-6,8,12H2. The summed E-state index contributed by atoms with van der Waals surface area (Å²) in [7, 11) is 0. The SMILES string of the molecule is NCc1cccc(CCCF)c1. The van der Waals surface area contributed by atoms with Crippen LogP contribution in [0.15, 0.2) is 24.3 Å². The number of halogens is 1. The van der Waals surface area contributed by atoms with Crippen molar-refractivity contribution in [2.24, 2.45) is 5.73 Å². The number of hydrogen-bond acceptors (Lipinski definition) is 1. The molecule has 1 nitrogen and oxygen atoms in total. The Balaban J connectivity index is 2.60. The molecule has 0 radical (unpaired) electrons. The third-order valence-electron chi connectivity index (χ3n) is 1.83. The van der Waals surface area contributed by atoms with Crippen LogP contribution in [0.5, 0.6) is 0 Å². The molecule has 0 aromatic heterocycles. The molecule has 0 atom stereocenters. The van der Waals surface area contributed by atoms with Gasteiger partial charge in [-0.2, -0.15) is 0 Å². The van der Waals surface area contributed by atoms with Gasteiger partial charge >= 0.3 is 0 Å². The summed E-state index contributed by atoms with van der Waals surface area (Å²) in [6.07, 6.45) is 1.42. The van der Waals surface area contributed by atoms with E-state index in [9.17, 15) is 4.39 Å². The molecule has 1 aromatic rings. The molecule has 0 saturated heterocycles. The molecule has 0 fully saturated rings. The fraction of sp³-hybridized carbons (Fsp3) is 0.400. The molecule has 2 N–H and O–H groups in total. The molecule has 0 unspecified atom stereocenters. The van der Waals surface area contributed by atoms with Crippen molar-refractivity contribution in [1.82, 2.24) is 0 Å². The van der Waals surface area contributed by atoms with Crippen molar-refractivity contribution in [2.75, 3.05) is 6.67 Å². The number of hydrogen-bond donors (Lipinski definition) is 1. The van der Waals surface area contributed by atoms with E-state index in [4.69, 9.17) is 5.73 Å². The van der Waals surface area contributed by atoms with Crippen LogP contribution in [0.1, 0.15) is 17.5 Å². The topological polar surface area (TPSA) is 26.0 Å². The maximum atomic E-state index is 11.8. The van der Waals surface area contributed by atoms with E-state index in [1.165, 1.54) is 5.56 Å². The van der Waals surface area contributed by atoms with Gasteiger partial charge in [0.05, 0.1) is 6.67 Å². The lowest BCUT2D eigenvalue weighted by atomic mass is 10.1. The highest BCUT2D eigenvalue weighted by molar-refractivity contribution is 5.23. The van der Waals surface area contributed by atoms with E-state index in [0.29, 0.717) is 13.0 Å². The van der Waals surface area contributed by atoms with Crippen LogP contribution in [0.2, 0.25) is 0 Å².